The van der Waals surface area contributed by atoms with Crippen molar-refractivity contribution in [3.05, 3.63) is 42.0 Å². The molecule has 3 aromatic rings. The highest BCUT2D eigenvalue weighted by atomic mass is 16.3. The summed E-state index contributed by atoms with van der Waals surface area (Å²) in [6, 6.07) is 13.6. The fourth-order valence-electron chi connectivity index (χ4n) is 6.38. The van der Waals surface area contributed by atoms with Crippen molar-refractivity contribution in [1.82, 2.24) is 0 Å². The number of anilines is 1. The van der Waals surface area contributed by atoms with E-state index >= 15 is 0 Å². The summed E-state index contributed by atoms with van der Waals surface area (Å²) >= 11 is 0. The third-order valence-corrected chi connectivity index (χ3v) is 8.36. The lowest BCUT2D eigenvalue weighted by Crippen LogP contribution is -2.56. The number of benzene rings is 2. The summed E-state index contributed by atoms with van der Waals surface area (Å²) < 4.78 is 6.10. The highest BCUT2D eigenvalue weighted by Crippen LogP contribution is 2.64. The van der Waals surface area contributed by atoms with Gasteiger partial charge in [-0.2, -0.15) is 0 Å². The molecule has 2 aromatic carbocycles. The van der Waals surface area contributed by atoms with Gasteiger partial charge in [0.2, 0.25) is 0 Å². The third-order valence-electron chi connectivity index (χ3n) is 8.36. The lowest BCUT2D eigenvalue weighted by atomic mass is 9.71. The molecule has 5 rings (SSSR count). The van der Waals surface area contributed by atoms with Crippen LogP contribution in [0.25, 0.3) is 21.9 Å². The second-order valence-corrected chi connectivity index (χ2v) is 9.40. The predicted molar refractivity (Wildman–Crippen MR) is 110 cm³/mol. The van der Waals surface area contributed by atoms with E-state index in [9.17, 15) is 0 Å². The van der Waals surface area contributed by atoms with Gasteiger partial charge in [-0.05, 0) is 68.2 Å². The van der Waals surface area contributed by atoms with Crippen LogP contribution in [0.3, 0.4) is 0 Å². The molecule has 2 aliphatic rings. The molecule has 1 saturated carbocycles. The van der Waals surface area contributed by atoms with Crippen LogP contribution in [0.4, 0.5) is 5.69 Å². The minimum absolute atomic E-state index is 0.228. The van der Waals surface area contributed by atoms with Gasteiger partial charge in [0.1, 0.15) is 11.2 Å². The van der Waals surface area contributed by atoms with Crippen LogP contribution in [-0.4, -0.2) is 11.6 Å². The minimum Gasteiger partial charge on any atom is -0.456 e. The summed E-state index contributed by atoms with van der Waals surface area (Å²) in [6.07, 6.45) is 1.28. The van der Waals surface area contributed by atoms with Crippen molar-refractivity contribution < 1.29 is 4.42 Å². The first-order valence-electron chi connectivity index (χ1n) is 9.98. The van der Waals surface area contributed by atoms with E-state index in [1.165, 1.54) is 28.4 Å². The zero-order valence-electron chi connectivity index (χ0n) is 16.8. The number of furan rings is 1. The molecule has 2 nitrogen and oxygen atoms in total. The lowest BCUT2D eigenvalue weighted by molar-refractivity contribution is 0.148. The quantitative estimate of drug-likeness (QED) is 0.496. The Morgan fingerprint density at radius 1 is 0.962 bits per heavy atom. The maximum absolute atomic E-state index is 6.10. The second-order valence-electron chi connectivity index (χ2n) is 9.40. The standard InChI is InChI=1S/C24H29NO/c1-14-11-22-19(18-9-7-8-10-21(18)26-22)12-20(14)25-17(4)23(5)13-24(25,6)16(3)15(23)2/h7-12,15-17H,13H2,1-6H3/t15?,16?,17-,23?,24?/m0/s1. The molecule has 1 aliphatic heterocycles. The van der Waals surface area contributed by atoms with Crippen LogP contribution in [0.1, 0.15) is 46.6 Å². The fourth-order valence-corrected chi connectivity index (χ4v) is 6.38. The Morgan fingerprint density at radius 2 is 1.69 bits per heavy atom. The predicted octanol–water partition coefficient (Wildman–Crippen LogP) is 6.54. The van der Waals surface area contributed by atoms with Gasteiger partial charge in [0.25, 0.3) is 0 Å². The van der Waals surface area contributed by atoms with Crippen molar-refractivity contribution in [2.75, 3.05) is 4.90 Å². The van der Waals surface area contributed by atoms with E-state index < -0.39 is 0 Å². The van der Waals surface area contributed by atoms with Crippen LogP contribution in [-0.2, 0) is 0 Å². The van der Waals surface area contributed by atoms with Crippen LogP contribution in [0, 0.1) is 24.2 Å². The highest BCUT2D eigenvalue weighted by Gasteiger charge is 2.65. The Balaban J connectivity index is 1.74. The number of nitrogens with zero attached hydrogens (tertiary/aromatic N) is 1. The van der Waals surface area contributed by atoms with Crippen LogP contribution >= 0.6 is 0 Å². The molecule has 0 radical (unpaired) electrons. The molecule has 136 valence electrons. The van der Waals surface area contributed by atoms with Gasteiger partial charge in [-0.1, -0.05) is 39.0 Å². The summed E-state index contributed by atoms with van der Waals surface area (Å²) in [5.41, 5.74) is 5.30. The second kappa shape index (κ2) is 4.85. The van der Waals surface area contributed by atoms with Gasteiger partial charge in [0.05, 0.1) is 0 Å². The van der Waals surface area contributed by atoms with Gasteiger partial charge >= 0.3 is 0 Å². The molecule has 0 N–H and O–H groups in total. The number of rotatable bonds is 1. The van der Waals surface area contributed by atoms with Crippen LogP contribution < -0.4 is 4.90 Å². The molecule has 2 fully saturated rings. The molecule has 1 aromatic heterocycles. The Bertz CT molecular complexity index is 1030. The normalized spacial score (nSPS) is 36.5. The third kappa shape index (κ3) is 1.73. The van der Waals surface area contributed by atoms with Crippen molar-refractivity contribution in [3.63, 3.8) is 0 Å². The number of fused-ring (bicyclic) bond motifs is 5. The summed E-state index contributed by atoms with van der Waals surface area (Å²) in [6.45, 7) is 14.6. The first-order chi connectivity index (χ1) is 12.3. The Hall–Kier alpha value is -1.96. The summed E-state index contributed by atoms with van der Waals surface area (Å²) in [5.74, 6) is 1.46. The zero-order chi connectivity index (χ0) is 18.4. The van der Waals surface area contributed by atoms with E-state index in [0.29, 0.717) is 17.4 Å². The van der Waals surface area contributed by atoms with E-state index in [4.69, 9.17) is 4.42 Å². The number of para-hydroxylation sites is 1. The van der Waals surface area contributed by atoms with E-state index in [1.54, 1.807) is 0 Å². The van der Waals surface area contributed by atoms with Gasteiger partial charge in [0.15, 0.2) is 0 Å². The van der Waals surface area contributed by atoms with E-state index in [1.807, 2.05) is 6.07 Å². The maximum Gasteiger partial charge on any atom is 0.135 e. The molecule has 2 bridgehead atoms. The molecule has 26 heavy (non-hydrogen) atoms. The molecule has 2 heteroatoms. The molecule has 2 heterocycles. The SMILES string of the molecule is Cc1cc2oc3ccccc3c2cc1N1[C@@H](C)C2(C)CC1(C)C(C)C2C. The number of hydrogen-bond donors (Lipinski definition) is 0. The summed E-state index contributed by atoms with van der Waals surface area (Å²) in [7, 11) is 0. The number of aryl methyl sites for hydroxylation is 1. The maximum atomic E-state index is 6.10. The number of hydrogen-bond acceptors (Lipinski definition) is 2. The van der Waals surface area contributed by atoms with E-state index in [-0.39, 0.29) is 5.54 Å². The Morgan fingerprint density at radius 3 is 2.42 bits per heavy atom. The fraction of sp³-hybridized carbons (Fsp3) is 0.500. The van der Waals surface area contributed by atoms with Crippen molar-refractivity contribution in [2.24, 2.45) is 17.3 Å². The Kier molecular flexibility index (Phi) is 3.03. The molecule has 5 atom stereocenters. The van der Waals surface area contributed by atoms with E-state index in [0.717, 1.165) is 17.1 Å². The van der Waals surface area contributed by atoms with Crippen LogP contribution in [0.2, 0.25) is 0 Å². The first-order valence-corrected chi connectivity index (χ1v) is 9.98. The summed E-state index contributed by atoms with van der Waals surface area (Å²) in [4.78, 5) is 2.74. The zero-order valence-corrected chi connectivity index (χ0v) is 16.8. The average molecular weight is 348 g/mol. The topological polar surface area (TPSA) is 16.4 Å². The summed E-state index contributed by atoms with van der Waals surface area (Å²) in [5, 5.41) is 2.46. The lowest BCUT2D eigenvalue weighted by Gasteiger charge is -2.51. The molecule has 1 aliphatic carbocycles. The van der Waals surface area contributed by atoms with Crippen molar-refractivity contribution in [2.45, 2.75) is 59.5 Å². The van der Waals surface area contributed by atoms with E-state index in [2.05, 4.69) is 76.8 Å². The largest absolute Gasteiger partial charge is 0.456 e. The number of piperidine rings is 1. The molecular weight excluding hydrogens is 318 g/mol. The van der Waals surface area contributed by atoms with Crippen LogP contribution in [0.5, 0.6) is 0 Å². The molecular formula is C24H29NO. The first kappa shape index (κ1) is 16.2. The van der Waals surface area contributed by atoms with Gasteiger partial charge < -0.3 is 9.32 Å². The smallest absolute Gasteiger partial charge is 0.135 e. The van der Waals surface area contributed by atoms with Gasteiger partial charge in [-0.3, -0.25) is 0 Å². The van der Waals surface area contributed by atoms with Gasteiger partial charge in [0, 0.05) is 28.0 Å². The van der Waals surface area contributed by atoms with Gasteiger partial charge in [-0.25, -0.2) is 0 Å². The van der Waals surface area contributed by atoms with Crippen molar-refractivity contribution >= 4 is 27.6 Å². The van der Waals surface area contributed by atoms with Gasteiger partial charge in [-0.15, -0.1) is 0 Å². The van der Waals surface area contributed by atoms with Crippen molar-refractivity contribution in [3.8, 4) is 0 Å². The highest BCUT2D eigenvalue weighted by molar-refractivity contribution is 6.06. The molecule has 1 saturated heterocycles. The van der Waals surface area contributed by atoms with Crippen LogP contribution in [0.15, 0.2) is 40.8 Å². The minimum atomic E-state index is 0.228. The Labute approximate surface area is 156 Å². The average Bonchev–Trinajstić information content (AvgIpc) is 3.12. The van der Waals surface area contributed by atoms with Crippen molar-refractivity contribution in [1.29, 1.82) is 0 Å². The molecule has 0 amide bonds. The molecule has 0 spiro atoms. The molecule has 4 unspecified atom stereocenters. The monoisotopic (exact) mass is 347 g/mol.